The number of nitrogens with one attached hydrogen (secondary N) is 2. The smallest absolute Gasteiger partial charge is 0.211 e. The van der Waals surface area contributed by atoms with Gasteiger partial charge in [0, 0.05) is 25.8 Å². The van der Waals surface area contributed by atoms with E-state index >= 15 is 0 Å². The minimum atomic E-state index is -3.14. The topological polar surface area (TPSA) is 91.0 Å². The van der Waals surface area contributed by atoms with Crippen molar-refractivity contribution in [2.45, 2.75) is 31.7 Å². The third-order valence-corrected chi connectivity index (χ3v) is 6.69. The van der Waals surface area contributed by atoms with Gasteiger partial charge in [0.1, 0.15) is 17.8 Å². The van der Waals surface area contributed by atoms with Gasteiger partial charge in [-0.2, -0.15) is 0 Å². The molecular formula is C16H23N5O2S. The summed E-state index contributed by atoms with van der Waals surface area (Å²) >= 11 is 0. The fourth-order valence-corrected chi connectivity index (χ4v) is 4.90. The number of anilines is 1. The van der Waals surface area contributed by atoms with Crippen LogP contribution in [0.1, 0.15) is 25.7 Å². The molecule has 2 saturated carbocycles. The summed E-state index contributed by atoms with van der Waals surface area (Å²) in [6, 6.07) is 2.31. The molecule has 0 atom stereocenters. The van der Waals surface area contributed by atoms with E-state index in [0.717, 1.165) is 42.5 Å². The molecule has 0 amide bonds. The molecule has 0 aromatic carbocycles. The first kappa shape index (κ1) is 15.8. The molecule has 2 aliphatic carbocycles. The third-order valence-electron chi connectivity index (χ3n) is 5.17. The van der Waals surface area contributed by atoms with Gasteiger partial charge in [-0.3, -0.25) is 0 Å². The van der Waals surface area contributed by atoms with E-state index in [1.807, 2.05) is 19.3 Å². The van der Waals surface area contributed by atoms with E-state index < -0.39 is 10.0 Å². The van der Waals surface area contributed by atoms with Crippen LogP contribution in [-0.2, 0) is 10.0 Å². The lowest BCUT2D eigenvalue weighted by molar-refractivity contribution is 0.281. The predicted octanol–water partition coefficient (Wildman–Crippen LogP) is 1.50. The normalized spacial score (nSPS) is 24.0. The van der Waals surface area contributed by atoms with Gasteiger partial charge in [-0.1, -0.05) is 0 Å². The molecule has 2 aliphatic rings. The van der Waals surface area contributed by atoms with E-state index in [9.17, 15) is 8.42 Å². The quantitative estimate of drug-likeness (QED) is 0.790. The Balaban J connectivity index is 1.34. The van der Waals surface area contributed by atoms with E-state index in [-0.39, 0.29) is 11.7 Å². The van der Waals surface area contributed by atoms with Crippen molar-refractivity contribution in [1.29, 1.82) is 0 Å². The lowest BCUT2D eigenvalue weighted by atomic mass is 9.81. The number of H-pyrrole nitrogens is 1. The van der Waals surface area contributed by atoms with Crippen molar-refractivity contribution in [3.05, 3.63) is 18.6 Å². The average molecular weight is 349 g/mol. The third kappa shape index (κ3) is 3.25. The number of rotatable bonds is 7. The summed E-state index contributed by atoms with van der Waals surface area (Å²) in [6.07, 6.45) is 7.51. The minimum Gasteiger partial charge on any atom is -0.356 e. The van der Waals surface area contributed by atoms with Crippen molar-refractivity contribution in [2.24, 2.45) is 11.8 Å². The number of fused-ring (bicyclic) bond motifs is 1. The highest BCUT2D eigenvalue weighted by Gasteiger charge is 2.36. The number of hydrogen-bond donors (Lipinski definition) is 2. The van der Waals surface area contributed by atoms with Gasteiger partial charge in [-0.25, -0.2) is 23.1 Å². The summed E-state index contributed by atoms with van der Waals surface area (Å²) in [6.45, 7) is 0.616. The summed E-state index contributed by atoms with van der Waals surface area (Å²) in [5.41, 5.74) is 0.828. The molecule has 2 fully saturated rings. The van der Waals surface area contributed by atoms with Crippen molar-refractivity contribution < 1.29 is 8.42 Å². The number of hydrogen-bond acceptors (Lipinski definition) is 5. The van der Waals surface area contributed by atoms with Crippen LogP contribution in [0.4, 0.5) is 5.82 Å². The van der Waals surface area contributed by atoms with E-state index in [0.29, 0.717) is 18.5 Å². The molecule has 0 spiro atoms. The van der Waals surface area contributed by atoms with Crippen LogP contribution in [0, 0.1) is 11.8 Å². The molecule has 2 aromatic rings. The van der Waals surface area contributed by atoms with Crippen molar-refractivity contribution in [3.63, 3.8) is 0 Å². The van der Waals surface area contributed by atoms with Gasteiger partial charge in [-0.15, -0.1) is 0 Å². The standard InChI is InChI=1S/C16H23N5O2S/c1-21(16-14-4-5-17-15(14)18-10-19-16)13-6-12(7-13)9-24(22,23)20-8-11-2-3-11/h4-5,10-13,20H,2-3,6-9H2,1H3,(H,17,18,19). The molecule has 130 valence electrons. The van der Waals surface area contributed by atoms with Crippen molar-refractivity contribution >= 4 is 26.9 Å². The molecule has 0 radical (unpaired) electrons. The van der Waals surface area contributed by atoms with Crippen LogP contribution >= 0.6 is 0 Å². The highest BCUT2D eigenvalue weighted by Crippen LogP contribution is 2.35. The Morgan fingerprint density at radius 2 is 2.08 bits per heavy atom. The highest BCUT2D eigenvalue weighted by molar-refractivity contribution is 7.89. The Kier molecular flexibility index (Phi) is 3.96. The van der Waals surface area contributed by atoms with E-state index in [1.54, 1.807) is 6.33 Å². The van der Waals surface area contributed by atoms with Crippen molar-refractivity contribution in [1.82, 2.24) is 19.7 Å². The second kappa shape index (κ2) is 6.00. The number of nitrogens with zero attached hydrogens (tertiary/aromatic N) is 3. The molecule has 2 N–H and O–H groups in total. The summed E-state index contributed by atoms with van der Waals surface area (Å²) in [5, 5.41) is 1.00. The van der Waals surface area contributed by atoms with Crippen LogP contribution in [0.15, 0.2) is 18.6 Å². The maximum absolute atomic E-state index is 12.1. The monoisotopic (exact) mass is 349 g/mol. The molecule has 0 saturated heterocycles. The summed E-state index contributed by atoms with van der Waals surface area (Å²) in [4.78, 5) is 13.9. The second-order valence-electron chi connectivity index (χ2n) is 7.11. The summed E-state index contributed by atoms with van der Waals surface area (Å²) in [7, 11) is -1.11. The lowest BCUT2D eigenvalue weighted by Gasteiger charge is -2.41. The first-order valence-corrected chi connectivity index (χ1v) is 10.2. The number of aromatic nitrogens is 3. The first-order chi connectivity index (χ1) is 11.5. The van der Waals surface area contributed by atoms with Crippen LogP contribution in [0.2, 0.25) is 0 Å². The predicted molar refractivity (Wildman–Crippen MR) is 93.3 cm³/mol. The molecule has 4 rings (SSSR count). The van der Waals surface area contributed by atoms with E-state index in [1.165, 1.54) is 0 Å². The van der Waals surface area contributed by atoms with Crippen LogP contribution in [0.3, 0.4) is 0 Å². The zero-order valence-electron chi connectivity index (χ0n) is 13.8. The fraction of sp³-hybridized carbons (Fsp3) is 0.625. The molecule has 2 heterocycles. The van der Waals surface area contributed by atoms with Gasteiger partial charge in [0.25, 0.3) is 0 Å². The Morgan fingerprint density at radius 3 is 2.83 bits per heavy atom. The molecule has 2 aromatic heterocycles. The van der Waals surface area contributed by atoms with Crippen LogP contribution in [0.25, 0.3) is 11.0 Å². The average Bonchev–Trinajstić information content (AvgIpc) is 3.23. The lowest BCUT2D eigenvalue weighted by Crippen LogP contribution is -2.46. The van der Waals surface area contributed by atoms with Crippen molar-refractivity contribution in [2.75, 3.05) is 24.2 Å². The van der Waals surface area contributed by atoms with Gasteiger partial charge < -0.3 is 9.88 Å². The molecule has 0 unspecified atom stereocenters. The molecule has 0 bridgehead atoms. The molecule has 8 heteroatoms. The minimum absolute atomic E-state index is 0.234. The number of aromatic amines is 1. The Hall–Kier alpha value is -1.67. The Bertz CT molecular complexity index is 824. The molecule has 24 heavy (non-hydrogen) atoms. The van der Waals surface area contributed by atoms with Crippen molar-refractivity contribution in [3.8, 4) is 0 Å². The highest BCUT2D eigenvalue weighted by atomic mass is 32.2. The maximum atomic E-state index is 12.1. The summed E-state index contributed by atoms with van der Waals surface area (Å²) in [5.74, 6) is 1.95. The van der Waals surface area contributed by atoms with Gasteiger partial charge in [-0.05, 0) is 43.6 Å². The Labute approximate surface area is 141 Å². The molecular weight excluding hydrogens is 326 g/mol. The maximum Gasteiger partial charge on any atom is 0.211 e. The summed E-state index contributed by atoms with van der Waals surface area (Å²) < 4.78 is 27.0. The second-order valence-corrected chi connectivity index (χ2v) is 8.96. The largest absolute Gasteiger partial charge is 0.356 e. The Morgan fingerprint density at radius 1 is 1.29 bits per heavy atom. The van der Waals surface area contributed by atoms with Gasteiger partial charge in [0.15, 0.2) is 0 Å². The fourth-order valence-electron chi connectivity index (χ4n) is 3.40. The van der Waals surface area contributed by atoms with Gasteiger partial charge >= 0.3 is 0 Å². The van der Waals surface area contributed by atoms with Gasteiger partial charge in [0.05, 0.1) is 11.1 Å². The molecule has 7 nitrogen and oxygen atoms in total. The first-order valence-electron chi connectivity index (χ1n) is 8.50. The van der Waals surface area contributed by atoms with Crippen LogP contribution in [-0.4, -0.2) is 48.8 Å². The zero-order chi connectivity index (χ0) is 16.7. The zero-order valence-corrected chi connectivity index (χ0v) is 14.6. The van der Waals surface area contributed by atoms with Gasteiger partial charge in [0.2, 0.25) is 10.0 Å². The van der Waals surface area contributed by atoms with Crippen LogP contribution in [0.5, 0.6) is 0 Å². The van der Waals surface area contributed by atoms with Crippen LogP contribution < -0.4 is 9.62 Å². The SMILES string of the molecule is CN(c1ncnc2[nH]ccc12)C1CC(CS(=O)(=O)NCC2CC2)C1. The number of sulfonamides is 1. The van der Waals surface area contributed by atoms with E-state index in [2.05, 4.69) is 24.6 Å². The molecule has 0 aliphatic heterocycles. The van der Waals surface area contributed by atoms with E-state index in [4.69, 9.17) is 0 Å².